The molecular formula is C29H29F3N2O3. The first-order valence-electron chi connectivity index (χ1n) is 11.9. The van der Waals surface area contributed by atoms with Gasteiger partial charge in [0.2, 0.25) is 0 Å². The molecule has 194 valence electrons. The number of rotatable bonds is 6. The number of carbonyl (C=O) groups excluding carboxylic acids is 2. The molecule has 1 atom stereocenters. The lowest BCUT2D eigenvalue weighted by Gasteiger charge is -2.16. The van der Waals surface area contributed by atoms with Gasteiger partial charge in [-0.25, -0.2) is 4.79 Å². The van der Waals surface area contributed by atoms with Crippen LogP contribution >= 0.6 is 0 Å². The number of nitrogens with zero attached hydrogens (tertiary/aromatic N) is 1. The highest BCUT2D eigenvalue weighted by atomic mass is 19.4. The fourth-order valence-corrected chi connectivity index (χ4v) is 4.00. The minimum absolute atomic E-state index is 0.183. The van der Waals surface area contributed by atoms with Crippen LogP contribution in [0.2, 0.25) is 0 Å². The number of para-hydroxylation sites is 1. The van der Waals surface area contributed by atoms with Crippen molar-refractivity contribution in [1.82, 2.24) is 9.88 Å². The highest BCUT2D eigenvalue weighted by Crippen LogP contribution is 2.30. The number of halogens is 3. The number of benzene rings is 3. The van der Waals surface area contributed by atoms with Crippen LogP contribution in [0.4, 0.5) is 13.2 Å². The van der Waals surface area contributed by atoms with Crippen molar-refractivity contribution < 1.29 is 27.5 Å². The number of esters is 1. The molecule has 0 unspecified atom stereocenters. The third-order valence-electron chi connectivity index (χ3n) is 5.82. The van der Waals surface area contributed by atoms with Gasteiger partial charge in [-0.1, -0.05) is 50.2 Å². The van der Waals surface area contributed by atoms with Crippen molar-refractivity contribution in [3.63, 3.8) is 0 Å². The number of alkyl halides is 3. The van der Waals surface area contributed by atoms with Gasteiger partial charge in [-0.2, -0.15) is 13.2 Å². The largest absolute Gasteiger partial charge is 0.465 e. The number of nitrogens with one attached hydrogen (secondary N) is 1. The average molecular weight is 511 g/mol. The lowest BCUT2D eigenvalue weighted by Crippen LogP contribution is -2.27. The maximum atomic E-state index is 13.2. The second-order valence-corrected chi connectivity index (χ2v) is 8.19. The highest BCUT2D eigenvalue weighted by Gasteiger charge is 2.30. The van der Waals surface area contributed by atoms with Crippen LogP contribution in [-0.2, 0) is 17.5 Å². The predicted octanol–water partition coefficient (Wildman–Crippen LogP) is 7.01. The number of fused-ring (bicyclic) bond motifs is 1. The monoisotopic (exact) mass is 510 g/mol. The maximum absolute atomic E-state index is 13.2. The van der Waals surface area contributed by atoms with Crippen LogP contribution in [-0.4, -0.2) is 23.6 Å². The van der Waals surface area contributed by atoms with Crippen LogP contribution in [0, 0.1) is 0 Å². The molecule has 0 aliphatic heterocycles. The van der Waals surface area contributed by atoms with Gasteiger partial charge < -0.3 is 14.6 Å². The van der Waals surface area contributed by atoms with Crippen LogP contribution < -0.4 is 5.32 Å². The van der Waals surface area contributed by atoms with Gasteiger partial charge >= 0.3 is 12.1 Å². The van der Waals surface area contributed by atoms with E-state index >= 15 is 0 Å². The Morgan fingerprint density at radius 3 is 2.30 bits per heavy atom. The zero-order valence-electron chi connectivity index (χ0n) is 21.1. The molecule has 0 aliphatic carbocycles. The van der Waals surface area contributed by atoms with Crippen molar-refractivity contribution in [3.05, 3.63) is 107 Å². The number of hydrogen-bond donors (Lipinski definition) is 1. The van der Waals surface area contributed by atoms with Crippen molar-refractivity contribution in [2.45, 2.75) is 39.5 Å². The first kappa shape index (κ1) is 27.5. The molecule has 0 aliphatic rings. The molecule has 8 heteroatoms. The first-order chi connectivity index (χ1) is 17.7. The summed E-state index contributed by atoms with van der Waals surface area (Å²) in [5.41, 5.74) is 2.03. The second kappa shape index (κ2) is 11.8. The summed E-state index contributed by atoms with van der Waals surface area (Å²) in [6, 6.07) is 18.7. The van der Waals surface area contributed by atoms with Gasteiger partial charge in [0.15, 0.2) is 0 Å². The number of amides is 1. The van der Waals surface area contributed by atoms with Gasteiger partial charge in [-0.05, 0) is 54.4 Å². The number of carbonyl (C=O) groups is 2. The quantitative estimate of drug-likeness (QED) is 0.284. The minimum atomic E-state index is -4.43. The summed E-state index contributed by atoms with van der Waals surface area (Å²) in [5.74, 6) is -0.759. The fourth-order valence-electron chi connectivity index (χ4n) is 4.00. The minimum Gasteiger partial charge on any atom is -0.465 e. The third-order valence-corrected chi connectivity index (χ3v) is 5.82. The van der Waals surface area contributed by atoms with Gasteiger partial charge in [0.1, 0.15) is 0 Å². The summed E-state index contributed by atoms with van der Waals surface area (Å²) in [6.07, 6.45) is -2.67. The lowest BCUT2D eigenvalue weighted by molar-refractivity contribution is -0.137. The molecule has 4 aromatic rings. The number of ether oxygens (including phenoxy) is 1. The van der Waals surface area contributed by atoms with Crippen LogP contribution in [0.1, 0.15) is 64.2 Å². The molecule has 1 N–H and O–H groups in total. The zero-order valence-corrected chi connectivity index (χ0v) is 21.1. The Hall–Kier alpha value is -4.07. The average Bonchev–Trinajstić information content (AvgIpc) is 3.32. The molecule has 1 aromatic heterocycles. The normalized spacial score (nSPS) is 11.9. The molecule has 0 radical (unpaired) electrons. The Morgan fingerprint density at radius 1 is 0.973 bits per heavy atom. The van der Waals surface area contributed by atoms with Gasteiger partial charge in [-0.15, -0.1) is 0 Å². The zero-order chi connectivity index (χ0) is 27.2. The number of aromatic nitrogens is 1. The van der Waals surface area contributed by atoms with E-state index in [0.717, 1.165) is 23.1 Å². The summed E-state index contributed by atoms with van der Waals surface area (Å²) in [5, 5.41) is 3.77. The van der Waals surface area contributed by atoms with E-state index in [2.05, 4.69) is 5.32 Å². The Balaban J connectivity index is 0.00000186. The maximum Gasteiger partial charge on any atom is 0.416 e. The predicted molar refractivity (Wildman–Crippen MR) is 137 cm³/mol. The summed E-state index contributed by atoms with van der Waals surface area (Å²) in [6.45, 7) is 6.01. The Labute approximate surface area is 213 Å². The van der Waals surface area contributed by atoms with E-state index < -0.39 is 17.7 Å². The topological polar surface area (TPSA) is 60.3 Å². The lowest BCUT2D eigenvalue weighted by atomic mass is 10.0. The van der Waals surface area contributed by atoms with Gasteiger partial charge in [0.25, 0.3) is 5.91 Å². The van der Waals surface area contributed by atoms with Crippen LogP contribution in [0.25, 0.3) is 10.9 Å². The van der Waals surface area contributed by atoms with Gasteiger partial charge in [0.05, 0.1) is 35.4 Å². The summed E-state index contributed by atoms with van der Waals surface area (Å²) in [4.78, 5) is 24.8. The number of hydrogen-bond acceptors (Lipinski definition) is 3. The fraction of sp³-hybridized carbons (Fsp3) is 0.241. The molecular weight excluding hydrogens is 481 g/mol. The second-order valence-electron chi connectivity index (χ2n) is 8.19. The summed E-state index contributed by atoms with van der Waals surface area (Å²) < 4.78 is 45.9. The van der Waals surface area contributed by atoms with Crippen molar-refractivity contribution in [2.24, 2.45) is 0 Å². The van der Waals surface area contributed by atoms with Gasteiger partial charge in [0, 0.05) is 18.1 Å². The van der Waals surface area contributed by atoms with Crippen LogP contribution in [0.5, 0.6) is 0 Å². The van der Waals surface area contributed by atoms with Gasteiger partial charge in [-0.3, -0.25) is 4.79 Å². The van der Waals surface area contributed by atoms with E-state index in [-0.39, 0.29) is 18.5 Å². The Kier molecular flexibility index (Phi) is 8.76. The van der Waals surface area contributed by atoms with Crippen LogP contribution in [0.3, 0.4) is 0 Å². The Morgan fingerprint density at radius 2 is 1.65 bits per heavy atom. The molecule has 0 bridgehead atoms. The molecule has 37 heavy (non-hydrogen) atoms. The Bertz CT molecular complexity index is 1380. The van der Waals surface area contributed by atoms with E-state index in [9.17, 15) is 22.8 Å². The molecule has 5 nitrogen and oxygen atoms in total. The van der Waals surface area contributed by atoms with E-state index in [1.165, 1.54) is 13.2 Å². The van der Waals surface area contributed by atoms with E-state index in [0.29, 0.717) is 22.2 Å². The molecule has 1 amide bonds. The standard InChI is InChI=1S/C27H23F3N2O3.C2H6/c1-17(19-9-11-21(12-10-19)26(34)35-2)31-25(33)23-8-4-6-20-13-14-32(24(20)23)16-18-5-3-7-22(15-18)27(28,29)30;1-2/h3-15,17H,16H2,1-2H3,(H,31,33);1-2H3/t17-;/m0./s1. The smallest absolute Gasteiger partial charge is 0.416 e. The summed E-state index contributed by atoms with van der Waals surface area (Å²) in [7, 11) is 1.31. The van der Waals surface area contributed by atoms with Crippen molar-refractivity contribution >= 4 is 22.8 Å². The molecule has 0 saturated heterocycles. The van der Waals surface area contributed by atoms with Crippen molar-refractivity contribution in [1.29, 1.82) is 0 Å². The first-order valence-corrected chi connectivity index (χ1v) is 11.9. The van der Waals surface area contributed by atoms with E-state index in [1.807, 2.05) is 32.9 Å². The summed E-state index contributed by atoms with van der Waals surface area (Å²) >= 11 is 0. The number of methoxy groups -OCH3 is 1. The highest BCUT2D eigenvalue weighted by molar-refractivity contribution is 6.06. The molecule has 0 spiro atoms. The van der Waals surface area contributed by atoms with Crippen molar-refractivity contribution in [2.75, 3.05) is 7.11 Å². The molecule has 3 aromatic carbocycles. The molecule has 0 fully saturated rings. The SMILES string of the molecule is CC.COC(=O)c1ccc([C@H](C)NC(=O)c2cccc3ccn(Cc4cccc(C(F)(F)F)c4)c23)cc1. The van der Waals surface area contributed by atoms with Crippen LogP contribution in [0.15, 0.2) is 79.0 Å². The molecule has 1 heterocycles. The van der Waals surface area contributed by atoms with E-state index in [4.69, 9.17) is 4.74 Å². The van der Waals surface area contributed by atoms with Crippen molar-refractivity contribution in [3.8, 4) is 0 Å². The third kappa shape index (κ3) is 6.39. The van der Waals surface area contributed by atoms with E-state index in [1.54, 1.807) is 53.2 Å². The molecule has 0 saturated carbocycles. The molecule has 4 rings (SSSR count).